The molecule has 0 spiro atoms. The van der Waals surface area contributed by atoms with E-state index in [-0.39, 0.29) is 29.7 Å². The van der Waals surface area contributed by atoms with E-state index >= 15 is 0 Å². The molecule has 2 aromatic carbocycles. The van der Waals surface area contributed by atoms with Crippen LogP contribution in [0.1, 0.15) is 11.1 Å². The zero-order valence-corrected chi connectivity index (χ0v) is 26.8. The summed E-state index contributed by atoms with van der Waals surface area (Å²) in [7, 11) is 2.34. The number of nitrogens with one attached hydrogen (secondary N) is 2. The number of amides is 1. The second kappa shape index (κ2) is 13.9. The minimum absolute atomic E-state index is 0.0362. The van der Waals surface area contributed by atoms with Crippen molar-refractivity contribution in [2.24, 2.45) is 0 Å². The molecule has 0 atom stereocenters. The first-order valence-electron chi connectivity index (χ1n) is 14.1. The Hall–Kier alpha value is -4.38. The Bertz CT molecular complexity index is 1670. The van der Waals surface area contributed by atoms with E-state index in [4.69, 9.17) is 4.74 Å². The van der Waals surface area contributed by atoms with Crippen LogP contribution in [-0.4, -0.2) is 101 Å². The number of anilines is 5. The maximum Gasteiger partial charge on any atom is 0.421 e. The highest BCUT2D eigenvalue weighted by Gasteiger charge is 2.35. The lowest BCUT2D eigenvalue weighted by atomic mass is 10.1. The zero-order chi connectivity index (χ0) is 33.8. The summed E-state index contributed by atoms with van der Waals surface area (Å²) >= 11 is 0. The van der Waals surface area contributed by atoms with Gasteiger partial charge >= 0.3 is 6.18 Å². The van der Waals surface area contributed by atoms with Gasteiger partial charge < -0.3 is 25.2 Å². The van der Waals surface area contributed by atoms with E-state index < -0.39 is 33.4 Å². The van der Waals surface area contributed by atoms with Crippen molar-refractivity contribution in [2.45, 2.75) is 12.7 Å². The fraction of sp³-hybridized carbons (Fsp3) is 0.414. The average Bonchev–Trinajstić information content (AvgIpc) is 2.99. The summed E-state index contributed by atoms with van der Waals surface area (Å²) in [4.78, 5) is 25.8. The van der Waals surface area contributed by atoms with E-state index in [1.165, 1.54) is 20.2 Å². The van der Waals surface area contributed by atoms with Crippen molar-refractivity contribution in [3.8, 4) is 5.75 Å². The molecule has 1 aliphatic rings. The van der Waals surface area contributed by atoms with E-state index in [0.29, 0.717) is 50.4 Å². The lowest BCUT2D eigenvalue weighted by Gasteiger charge is -2.36. The molecule has 1 saturated heterocycles. The molecule has 0 radical (unpaired) electrons. The summed E-state index contributed by atoms with van der Waals surface area (Å²) in [5.41, 5.74) is 0.308. The minimum Gasteiger partial charge on any atom is -0.494 e. The summed E-state index contributed by atoms with van der Waals surface area (Å²) in [5.74, 6) is -0.996. The zero-order valence-electron chi connectivity index (χ0n) is 26.0. The number of benzene rings is 2. The summed E-state index contributed by atoms with van der Waals surface area (Å²) in [6.45, 7) is 2.80. The molecule has 46 heavy (non-hydrogen) atoms. The second-order valence-corrected chi connectivity index (χ2v) is 12.9. The van der Waals surface area contributed by atoms with Gasteiger partial charge in [0.15, 0.2) is 0 Å². The van der Waals surface area contributed by atoms with E-state index in [1.54, 1.807) is 31.1 Å². The number of nitrogens with zero attached hydrogens (tertiary/aromatic N) is 6. The number of piperazine rings is 1. The van der Waals surface area contributed by atoms with Gasteiger partial charge in [-0.05, 0) is 29.8 Å². The lowest BCUT2D eigenvalue weighted by molar-refractivity contribution is -0.137. The molecule has 2 N–H and O–H groups in total. The number of alkyl halides is 3. The molecular formula is C29H36F4N8O4S. The van der Waals surface area contributed by atoms with Gasteiger partial charge in [0.05, 0.1) is 31.3 Å². The van der Waals surface area contributed by atoms with E-state index in [0.717, 1.165) is 28.4 Å². The number of halogens is 4. The molecule has 1 aromatic heterocycles. The molecule has 0 aliphatic carbocycles. The van der Waals surface area contributed by atoms with Crippen LogP contribution in [0.3, 0.4) is 0 Å². The van der Waals surface area contributed by atoms with Crippen molar-refractivity contribution in [1.82, 2.24) is 19.8 Å². The fourth-order valence-electron chi connectivity index (χ4n) is 4.72. The predicted octanol–water partition coefficient (Wildman–Crippen LogP) is 3.60. The molecule has 250 valence electrons. The van der Waals surface area contributed by atoms with Crippen molar-refractivity contribution in [2.75, 3.05) is 87.1 Å². The molecule has 0 unspecified atom stereocenters. The number of ether oxygens (including phenoxy) is 1. The number of aromatic nitrogens is 2. The van der Waals surface area contributed by atoms with E-state index in [9.17, 15) is 30.8 Å². The highest BCUT2D eigenvalue weighted by molar-refractivity contribution is 7.92. The molecular weight excluding hydrogens is 632 g/mol. The fourth-order valence-corrected chi connectivity index (χ4v) is 5.25. The number of hydrogen-bond donors (Lipinski definition) is 2. The van der Waals surface area contributed by atoms with E-state index in [2.05, 4.69) is 30.4 Å². The van der Waals surface area contributed by atoms with Crippen LogP contribution in [0.4, 0.5) is 46.4 Å². The first-order valence-corrected chi connectivity index (χ1v) is 15.9. The Labute approximate surface area is 265 Å². The normalized spacial score (nSPS) is 14.2. The Morgan fingerprint density at radius 3 is 2.37 bits per heavy atom. The number of methoxy groups -OCH3 is 1. The van der Waals surface area contributed by atoms with Gasteiger partial charge in [0.2, 0.25) is 21.9 Å². The molecule has 1 amide bonds. The molecule has 4 rings (SSSR count). The van der Waals surface area contributed by atoms with Gasteiger partial charge in [0.1, 0.15) is 22.9 Å². The number of likely N-dealkylation sites (N-methyl/N-ethyl adjacent to an activating group) is 1. The number of sulfonamides is 1. The molecule has 12 nitrogen and oxygen atoms in total. The maximum absolute atomic E-state index is 14.0. The Morgan fingerprint density at radius 1 is 1.07 bits per heavy atom. The Morgan fingerprint density at radius 2 is 1.76 bits per heavy atom. The number of rotatable bonds is 11. The molecule has 0 bridgehead atoms. The van der Waals surface area contributed by atoms with E-state index in [1.807, 2.05) is 6.07 Å². The van der Waals surface area contributed by atoms with Crippen LogP contribution in [0.2, 0.25) is 0 Å². The van der Waals surface area contributed by atoms with Crippen LogP contribution in [0, 0.1) is 5.82 Å². The third-order valence-corrected chi connectivity index (χ3v) is 8.64. The monoisotopic (exact) mass is 668 g/mol. The SMILES string of the molecule is COc1cc(N2CCN(CC(=O)N(C)C)CC2)ccc1Nc1ncc(C(F)(F)F)c(NCc2ccc(F)cc2N(C)S(C)(=O)=O)n1. The van der Waals surface area contributed by atoms with Gasteiger partial charge in [0, 0.05) is 71.8 Å². The number of carbonyl (C=O) groups excluding carboxylic acids is 1. The van der Waals surface area contributed by atoms with Crippen molar-refractivity contribution in [1.29, 1.82) is 0 Å². The molecule has 2 heterocycles. The summed E-state index contributed by atoms with van der Waals surface area (Å²) in [6, 6.07) is 8.68. The van der Waals surface area contributed by atoms with Gasteiger partial charge in [-0.3, -0.25) is 14.0 Å². The van der Waals surface area contributed by atoms with Crippen LogP contribution in [-0.2, 0) is 27.5 Å². The molecule has 1 aliphatic heterocycles. The molecule has 1 fully saturated rings. The maximum atomic E-state index is 14.0. The van der Waals surface area contributed by atoms with Crippen LogP contribution >= 0.6 is 0 Å². The molecule has 0 saturated carbocycles. The summed E-state index contributed by atoms with van der Waals surface area (Å²) in [5, 5.41) is 5.52. The highest BCUT2D eigenvalue weighted by Crippen LogP contribution is 2.36. The largest absolute Gasteiger partial charge is 0.494 e. The van der Waals surface area contributed by atoms with Crippen molar-refractivity contribution >= 4 is 44.8 Å². The molecule has 17 heteroatoms. The van der Waals surface area contributed by atoms with Crippen LogP contribution in [0.25, 0.3) is 0 Å². The van der Waals surface area contributed by atoms with Crippen LogP contribution in [0.5, 0.6) is 5.75 Å². The Balaban J connectivity index is 1.53. The topological polar surface area (TPSA) is 123 Å². The number of hydrogen-bond acceptors (Lipinski definition) is 10. The average molecular weight is 669 g/mol. The van der Waals surface area contributed by atoms with Crippen molar-refractivity contribution in [3.63, 3.8) is 0 Å². The van der Waals surface area contributed by atoms with Gasteiger partial charge in [0.25, 0.3) is 0 Å². The summed E-state index contributed by atoms with van der Waals surface area (Å²) < 4.78 is 86.2. The Kier molecular flexibility index (Phi) is 10.5. The van der Waals surface area contributed by atoms with Gasteiger partial charge in [-0.25, -0.2) is 17.8 Å². The van der Waals surface area contributed by atoms with Gasteiger partial charge in [-0.15, -0.1) is 0 Å². The first kappa shape index (κ1) is 34.5. The van der Waals surface area contributed by atoms with Gasteiger partial charge in [-0.1, -0.05) is 6.07 Å². The minimum atomic E-state index is -4.81. The van der Waals surface area contributed by atoms with Crippen LogP contribution in [0.15, 0.2) is 42.6 Å². The van der Waals surface area contributed by atoms with Crippen LogP contribution < -0.4 is 24.6 Å². The predicted molar refractivity (Wildman–Crippen MR) is 168 cm³/mol. The van der Waals surface area contributed by atoms with Crippen molar-refractivity contribution in [3.05, 3.63) is 59.5 Å². The first-order chi connectivity index (χ1) is 21.6. The smallest absolute Gasteiger partial charge is 0.421 e. The van der Waals surface area contributed by atoms with Crippen molar-refractivity contribution < 1.29 is 35.5 Å². The molecule has 3 aromatic rings. The summed E-state index contributed by atoms with van der Waals surface area (Å²) in [6.07, 6.45) is -3.25. The second-order valence-electron chi connectivity index (χ2n) is 10.9. The standard InChI is InChI=1S/C29H36F4N8O4S/c1-38(2)26(42)18-40-10-12-41(13-11-40)21-8-9-23(25(15-21)45-4)36-28-35-17-22(29(31,32)33)27(37-28)34-16-19-6-7-20(30)14-24(19)39(3)46(5,43)44/h6-9,14-15,17H,10-13,16,18H2,1-5H3,(H2,34,35,36,37). The third kappa shape index (κ3) is 8.45. The third-order valence-electron chi connectivity index (χ3n) is 7.45. The quantitative estimate of drug-likeness (QED) is 0.293. The highest BCUT2D eigenvalue weighted by atomic mass is 32.2. The lowest BCUT2D eigenvalue weighted by Crippen LogP contribution is -2.49. The number of carbonyl (C=O) groups is 1. The van der Waals surface area contributed by atoms with Gasteiger partial charge in [-0.2, -0.15) is 18.2 Å².